The van der Waals surface area contributed by atoms with Gasteiger partial charge in [-0.15, -0.1) is 0 Å². The molecule has 0 bridgehead atoms. The van der Waals surface area contributed by atoms with Crippen LogP contribution in [0.3, 0.4) is 0 Å². The largest absolute Gasteiger partial charge is 0.383 e. The maximum absolute atomic E-state index is 13.0. The number of hydrogen-bond donors (Lipinski definition) is 0. The van der Waals surface area contributed by atoms with Gasteiger partial charge < -0.3 is 13.8 Å². The number of rotatable bonds is 8. The molecule has 0 atom stereocenters. The Hall–Kier alpha value is -2.45. The van der Waals surface area contributed by atoms with Crippen LogP contribution in [0.15, 0.2) is 53.4 Å². The van der Waals surface area contributed by atoms with Gasteiger partial charge in [-0.1, -0.05) is 32.9 Å². The van der Waals surface area contributed by atoms with Crippen LogP contribution in [0, 0.1) is 11.2 Å². The summed E-state index contributed by atoms with van der Waals surface area (Å²) in [7, 11) is -2.48. The minimum Gasteiger partial charge on any atom is -0.383 e. The lowest BCUT2D eigenvalue weighted by Crippen LogP contribution is -2.40. The van der Waals surface area contributed by atoms with E-state index >= 15 is 0 Å². The van der Waals surface area contributed by atoms with Gasteiger partial charge in [0.2, 0.25) is 5.91 Å². The fourth-order valence-electron chi connectivity index (χ4n) is 2.58. The maximum atomic E-state index is 13.0. The lowest BCUT2D eigenvalue weighted by Gasteiger charge is -2.29. The summed E-state index contributed by atoms with van der Waals surface area (Å²) in [4.78, 5) is 14.2. The summed E-state index contributed by atoms with van der Waals surface area (Å²) in [6.07, 6.45) is 0. The first kappa shape index (κ1) is 22.8. The fourth-order valence-corrected chi connectivity index (χ4v) is 3.51. The van der Waals surface area contributed by atoms with Crippen molar-refractivity contribution >= 4 is 16.0 Å². The number of benzene rings is 2. The molecule has 158 valence electrons. The van der Waals surface area contributed by atoms with Gasteiger partial charge in [-0.3, -0.25) is 4.79 Å². The molecule has 0 fully saturated rings. The van der Waals surface area contributed by atoms with Crippen molar-refractivity contribution in [3.05, 3.63) is 59.9 Å². The van der Waals surface area contributed by atoms with Gasteiger partial charge in [0.05, 0.1) is 6.61 Å². The van der Waals surface area contributed by atoms with Gasteiger partial charge in [-0.05, 0) is 42.0 Å². The van der Waals surface area contributed by atoms with Crippen LogP contribution in [-0.4, -0.2) is 39.5 Å². The molecule has 0 radical (unpaired) electrons. The van der Waals surface area contributed by atoms with Crippen molar-refractivity contribution in [1.29, 1.82) is 0 Å². The SMILES string of the molecule is COCCN(Cc1ccc(OS(=O)(=O)c2ccc(F)cc2)cc1)C(=O)C(C)(C)C. The van der Waals surface area contributed by atoms with Crippen molar-refractivity contribution in [3.8, 4) is 5.75 Å². The summed E-state index contributed by atoms with van der Waals surface area (Å²) in [6, 6.07) is 10.8. The quantitative estimate of drug-likeness (QED) is 0.607. The van der Waals surface area contributed by atoms with Crippen LogP contribution in [0.4, 0.5) is 4.39 Å². The summed E-state index contributed by atoms with van der Waals surface area (Å²) < 4.78 is 47.7. The smallest absolute Gasteiger partial charge is 0.339 e. The molecule has 0 unspecified atom stereocenters. The van der Waals surface area contributed by atoms with E-state index in [9.17, 15) is 17.6 Å². The molecule has 0 aliphatic carbocycles. The third-order valence-electron chi connectivity index (χ3n) is 4.10. The Balaban J connectivity index is 2.11. The van der Waals surface area contributed by atoms with Crippen LogP contribution in [0.2, 0.25) is 0 Å². The van der Waals surface area contributed by atoms with Crippen LogP contribution < -0.4 is 4.18 Å². The number of amides is 1. The summed E-state index contributed by atoms with van der Waals surface area (Å²) in [5, 5.41) is 0. The van der Waals surface area contributed by atoms with E-state index < -0.39 is 21.4 Å². The molecule has 0 aliphatic heterocycles. The Morgan fingerprint density at radius 2 is 1.62 bits per heavy atom. The highest BCUT2D eigenvalue weighted by molar-refractivity contribution is 7.87. The normalized spacial score (nSPS) is 11.9. The summed E-state index contributed by atoms with van der Waals surface area (Å²) in [5.41, 5.74) is 0.297. The van der Waals surface area contributed by atoms with Crippen molar-refractivity contribution in [2.24, 2.45) is 5.41 Å². The van der Waals surface area contributed by atoms with E-state index in [1.54, 1.807) is 24.1 Å². The van der Waals surface area contributed by atoms with Gasteiger partial charge in [0.15, 0.2) is 0 Å². The third kappa shape index (κ3) is 6.54. The highest BCUT2D eigenvalue weighted by Crippen LogP contribution is 2.22. The molecular weight excluding hydrogens is 397 g/mol. The van der Waals surface area contributed by atoms with Crippen LogP contribution in [0.25, 0.3) is 0 Å². The molecule has 0 saturated carbocycles. The molecule has 2 aromatic carbocycles. The number of carbonyl (C=O) groups is 1. The van der Waals surface area contributed by atoms with Crippen LogP contribution in [0.1, 0.15) is 26.3 Å². The predicted octanol–water partition coefficient (Wildman–Crippen LogP) is 3.61. The van der Waals surface area contributed by atoms with E-state index in [4.69, 9.17) is 8.92 Å². The van der Waals surface area contributed by atoms with Crippen LogP contribution in [0.5, 0.6) is 5.75 Å². The summed E-state index contributed by atoms with van der Waals surface area (Å²) in [6.45, 7) is 6.79. The van der Waals surface area contributed by atoms with Gasteiger partial charge in [-0.2, -0.15) is 8.42 Å². The van der Waals surface area contributed by atoms with Crippen LogP contribution in [-0.2, 0) is 26.2 Å². The minimum absolute atomic E-state index is 0.00577. The highest BCUT2D eigenvalue weighted by atomic mass is 32.2. The molecule has 29 heavy (non-hydrogen) atoms. The Morgan fingerprint density at radius 1 is 1.03 bits per heavy atom. The third-order valence-corrected chi connectivity index (χ3v) is 5.36. The van der Waals surface area contributed by atoms with Crippen LogP contribution >= 0.6 is 0 Å². The average Bonchev–Trinajstić information content (AvgIpc) is 2.65. The number of hydrogen-bond acceptors (Lipinski definition) is 5. The number of carbonyl (C=O) groups excluding carboxylic acids is 1. The van der Waals surface area contributed by atoms with Gasteiger partial charge in [0.1, 0.15) is 16.5 Å². The van der Waals surface area contributed by atoms with Gasteiger partial charge in [-0.25, -0.2) is 4.39 Å². The first-order valence-corrected chi connectivity index (χ1v) is 10.5. The van der Waals surface area contributed by atoms with E-state index in [0.29, 0.717) is 19.7 Å². The van der Waals surface area contributed by atoms with Crippen molar-refractivity contribution in [2.45, 2.75) is 32.2 Å². The molecular formula is C21H26FNO5S. The topological polar surface area (TPSA) is 72.9 Å². The summed E-state index contributed by atoms with van der Waals surface area (Å²) in [5.74, 6) is -0.409. The highest BCUT2D eigenvalue weighted by Gasteiger charge is 2.27. The monoisotopic (exact) mass is 423 g/mol. The van der Waals surface area contributed by atoms with Crippen molar-refractivity contribution in [2.75, 3.05) is 20.3 Å². The molecule has 2 rings (SSSR count). The first-order valence-electron chi connectivity index (χ1n) is 9.10. The Morgan fingerprint density at radius 3 is 2.14 bits per heavy atom. The molecule has 0 aromatic heterocycles. The van der Waals surface area contributed by atoms with E-state index in [1.807, 2.05) is 20.8 Å². The molecule has 0 heterocycles. The fraction of sp³-hybridized carbons (Fsp3) is 0.381. The lowest BCUT2D eigenvalue weighted by atomic mass is 9.94. The van der Waals surface area contributed by atoms with E-state index in [0.717, 1.165) is 29.8 Å². The molecule has 2 aromatic rings. The molecule has 0 spiro atoms. The number of ether oxygens (including phenoxy) is 1. The van der Waals surface area contributed by atoms with Gasteiger partial charge in [0, 0.05) is 25.6 Å². The molecule has 0 aliphatic rings. The zero-order valence-corrected chi connectivity index (χ0v) is 17.8. The predicted molar refractivity (Wildman–Crippen MR) is 107 cm³/mol. The Bertz CT molecular complexity index is 919. The average molecular weight is 424 g/mol. The molecule has 0 saturated heterocycles. The second-order valence-electron chi connectivity index (χ2n) is 7.60. The number of halogens is 1. The standard InChI is InChI=1S/C21H26FNO5S/c1-21(2,3)20(24)23(13-14-27-4)15-16-5-9-18(10-6-16)28-29(25,26)19-11-7-17(22)8-12-19/h5-12H,13-15H2,1-4H3. The zero-order chi connectivity index (χ0) is 21.7. The van der Waals surface area contributed by atoms with Gasteiger partial charge >= 0.3 is 10.1 Å². The summed E-state index contributed by atoms with van der Waals surface area (Å²) >= 11 is 0. The molecule has 8 heteroatoms. The molecule has 6 nitrogen and oxygen atoms in total. The van der Waals surface area contributed by atoms with Crippen molar-refractivity contribution < 1.29 is 26.5 Å². The number of nitrogens with zero attached hydrogens (tertiary/aromatic N) is 1. The van der Waals surface area contributed by atoms with Crippen molar-refractivity contribution in [3.63, 3.8) is 0 Å². The van der Waals surface area contributed by atoms with Gasteiger partial charge in [0.25, 0.3) is 0 Å². The van der Waals surface area contributed by atoms with E-state index in [2.05, 4.69) is 0 Å². The maximum Gasteiger partial charge on any atom is 0.339 e. The lowest BCUT2D eigenvalue weighted by molar-refractivity contribution is -0.140. The van der Waals surface area contributed by atoms with Crippen molar-refractivity contribution in [1.82, 2.24) is 4.90 Å². The van der Waals surface area contributed by atoms with E-state index in [1.165, 1.54) is 12.1 Å². The Kier molecular flexibility index (Phi) is 7.37. The second kappa shape index (κ2) is 9.37. The van der Waals surface area contributed by atoms with E-state index in [-0.39, 0.29) is 16.6 Å². The number of methoxy groups -OCH3 is 1. The minimum atomic E-state index is -4.06. The first-order chi connectivity index (χ1) is 13.5. The molecule has 1 amide bonds. The zero-order valence-electron chi connectivity index (χ0n) is 17.0. The second-order valence-corrected chi connectivity index (χ2v) is 9.15. The molecule has 0 N–H and O–H groups in total. The Labute approximate surface area is 171 Å².